The fourth-order valence-electron chi connectivity index (χ4n) is 3.18. The van der Waals surface area contributed by atoms with Gasteiger partial charge >= 0.3 is 0 Å². The van der Waals surface area contributed by atoms with Gasteiger partial charge in [0.1, 0.15) is 13.4 Å². The summed E-state index contributed by atoms with van der Waals surface area (Å²) in [7, 11) is 8.26. The zero-order valence-electron chi connectivity index (χ0n) is 12.8. The molecular formula is C14H26BNO3. The summed E-state index contributed by atoms with van der Waals surface area (Å²) in [5, 5.41) is 0. The highest BCUT2D eigenvalue weighted by atomic mass is 16.6. The van der Waals surface area contributed by atoms with Crippen LogP contribution in [0.1, 0.15) is 27.7 Å². The number of likely N-dealkylation sites (tertiary alicyclic amines) is 1. The molecule has 0 aliphatic carbocycles. The predicted molar refractivity (Wildman–Crippen MR) is 75.4 cm³/mol. The van der Waals surface area contributed by atoms with Gasteiger partial charge in [-0.3, -0.25) is 0 Å². The smallest absolute Gasteiger partial charge is 0.130 e. The molecule has 2 heterocycles. The Labute approximate surface area is 118 Å². The van der Waals surface area contributed by atoms with E-state index in [0.717, 1.165) is 13.1 Å². The third-order valence-electron chi connectivity index (χ3n) is 3.84. The van der Waals surface area contributed by atoms with E-state index in [0.29, 0.717) is 6.61 Å². The molecule has 2 saturated heterocycles. The maximum atomic E-state index is 6.16. The van der Waals surface area contributed by atoms with Crippen molar-refractivity contribution in [1.29, 1.82) is 0 Å². The van der Waals surface area contributed by atoms with Crippen LogP contribution in [0.5, 0.6) is 0 Å². The zero-order valence-corrected chi connectivity index (χ0v) is 12.8. The first-order valence-electron chi connectivity index (χ1n) is 7.23. The SMILES string of the molecule is [B][C@@H]1O[C@]2(COC(C)C)CN(C)C[C@H]1C2OC(C)C. The first kappa shape index (κ1) is 15.3. The van der Waals surface area contributed by atoms with Gasteiger partial charge in [0.15, 0.2) is 0 Å². The molecule has 2 rings (SSSR count). The Morgan fingerprint density at radius 1 is 1.32 bits per heavy atom. The van der Waals surface area contributed by atoms with E-state index in [-0.39, 0.29) is 30.2 Å². The highest BCUT2D eigenvalue weighted by Crippen LogP contribution is 2.42. The molecule has 2 radical (unpaired) electrons. The second kappa shape index (κ2) is 5.72. The van der Waals surface area contributed by atoms with E-state index >= 15 is 0 Å². The number of likely N-dealkylation sites (N-methyl/N-ethyl adjacent to an activating group) is 1. The van der Waals surface area contributed by atoms with Crippen LogP contribution < -0.4 is 0 Å². The molecule has 4 atom stereocenters. The molecule has 0 aromatic rings. The normalized spacial score (nSPS) is 39.4. The minimum absolute atomic E-state index is 0.0254. The van der Waals surface area contributed by atoms with Gasteiger partial charge in [-0.2, -0.15) is 0 Å². The van der Waals surface area contributed by atoms with Crippen LogP contribution in [-0.4, -0.2) is 69.4 Å². The van der Waals surface area contributed by atoms with E-state index in [4.69, 9.17) is 22.1 Å². The molecule has 0 aromatic carbocycles. The van der Waals surface area contributed by atoms with E-state index in [1.807, 2.05) is 13.8 Å². The Hall–Kier alpha value is -0.0951. The third-order valence-corrected chi connectivity index (χ3v) is 3.84. The number of fused-ring (bicyclic) bond motifs is 2. The minimum atomic E-state index is -0.425. The van der Waals surface area contributed by atoms with Gasteiger partial charge < -0.3 is 19.1 Å². The van der Waals surface area contributed by atoms with Gasteiger partial charge in [0.2, 0.25) is 0 Å². The third kappa shape index (κ3) is 3.15. The van der Waals surface area contributed by atoms with Crippen LogP contribution in [0, 0.1) is 5.92 Å². The van der Waals surface area contributed by atoms with Crippen LogP contribution in [0.15, 0.2) is 0 Å². The van der Waals surface area contributed by atoms with Crippen LogP contribution in [0.25, 0.3) is 0 Å². The van der Waals surface area contributed by atoms with Crippen molar-refractivity contribution in [2.75, 3.05) is 26.7 Å². The molecule has 0 N–H and O–H groups in total. The molecule has 0 saturated carbocycles. The fraction of sp³-hybridized carbons (Fsp3) is 1.00. The van der Waals surface area contributed by atoms with Crippen molar-refractivity contribution in [1.82, 2.24) is 4.90 Å². The van der Waals surface area contributed by atoms with Crippen LogP contribution >= 0.6 is 0 Å². The minimum Gasteiger partial charge on any atom is -0.376 e. The summed E-state index contributed by atoms with van der Waals surface area (Å²) in [6.45, 7) is 10.4. The summed E-state index contributed by atoms with van der Waals surface area (Å²) in [5.74, 6) is 0.219. The predicted octanol–water partition coefficient (Wildman–Crippen LogP) is 1.03. The lowest BCUT2D eigenvalue weighted by atomic mass is 9.78. The molecule has 1 unspecified atom stereocenters. The Morgan fingerprint density at radius 3 is 2.58 bits per heavy atom. The summed E-state index contributed by atoms with van der Waals surface area (Å²) in [6.07, 6.45) is 0.376. The topological polar surface area (TPSA) is 30.9 Å². The highest BCUT2D eigenvalue weighted by molar-refractivity contribution is 6.11. The van der Waals surface area contributed by atoms with Crippen LogP contribution in [0.3, 0.4) is 0 Å². The first-order chi connectivity index (χ1) is 8.84. The molecule has 0 amide bonds. The fourth-order valence-corrected chi connectivity index (χ4v) is 3.18. The number of nitrogens with zero attached hydrogens (tertiary/aromatic N) is 1. The average Bonchev–Trinajstić information content (AvgIpc) is 2.44. The second-order valence-electron chi connectivity index (χ2n) is 6.47. The zero-order chi connectivity index (χ0) is 14.2. The van der Waals surface area contributed by atoms with Crippen LogP contribution in [0.4, 0.5) is 0 Å². The molecule has 108 valence electrons. The van der Waals surface area contributed by atoms with Crippen molar-refractivity contribution in [2.24, 2.45) is 5.92 Å². The van der Waals surface area contributed by atoms with Gasteiger partial charge in [0.25, 0.3) is 0 Å². The molecule has 2 bridgehead atoms. The van der Waals surface area contributed by atoms with E-state index in [9.17, 15) is 0 Å². The van der Waals surface area contributed by atoms with E-state index in [2.05, 4.69) is 25.8 Å². The van der Waals surface area contributed by atoms with Gasteiger partial charge in [0, 0.05) is 25.0 Å². The van der Waals surface area contributed by atoms with Crippen LogP contribution in [-0.2, 0) is 14.2 Å². The molecular weight excluding hydrogens is 241 g/mol. The lowest BCUT2D eigenvalue weighted by Gasteiger charge is -2.43. The van der Waals surface area contributed by atoms with Crippen molar-refractivity contribution in [2.45, 2.75) is 57.6 Å². The lowest BCUT2D eigenvalue weighted by Crippen LogP contribution is -2.60. The Kier molecular flexibility index (Phi) is 4.61. The monoisotopic (exact) mass is 267 g/mol. The maximum Gasteiger partial charge on any atom is 0.130 e. The standard InChI is InChI=1S/C14H26BNO3/c1-9(2)17-8-14-7-16(5)6-11(13(15)19-14)12(14)18-10(3)4/h9-13H,6-8H2,1-5H3/t11-,12?,13+,14-/m0/s1. The van der Waals surface area contributed by atoms with Crippen molar-refractivity contribution in [3.63, 3.8) is 0 Å². The van der Waals surface area contributed by atoms with E-state index in [1.165, 1.54) is 0 Å². The van der Waals surface area contributed by atoms with E-state index < -0.39 is 5.60 Å². The van der Waals surface area contributed by atoms with Gasteiger partial charge in [-0.05, 0) is 34.7 Å². The Bertz CT molecular complexity index is 309. The van der Waals surface area contributed by atoms with Crippen molar-refractivity contribution in [3.8, 4) is 0 Å². The summed E-state index contributed by atoms with van der Waals surface area (Å²) in [6, 6.07) is -0.260. The van der Waals surface area contributed by atoms with Crippen molar-refractivity contribution >= 4 is 7.85 Å². The first-order valence-corrected chi connectivity index (χ1v) is 7.23. The Balaban J connectivity index is 2.18. The van der Waals surface area contributed by atoms with Crippen molar-refractivity contribution in [3.05, 3.63) is 0 Å². The van der Waals surface area contributed by atoms with Gasteiger partial charge in [-0.1, -0.05) is 0 Å². The lowest BCUT2D eigenvalue weighted by molar-refractivity contribution is -0.169. The maximum absolute atomic E-state index is 6.16. The Morgan fingerprint density at radius 2 is 2.00 bits per heavy atom. The van der Waals surface area contributed by atoms with Gasteiger partial charge in [-0.15, -0.1) is 0 Å². The largest absolute Gasteiger partial charge is 0.376 e. The van der Waals surface area contributed by atoms with Gasteiger partial charge in [-0.25, -0.2) is 0 Å². The molecule has 19 heavy (non-hydrogen) atoms. The summed E-state index contributed by atoms with van der Waals surface area (Å²) < 4.78 is 18.0. The van der Waals surface area contributed by atoms with Crippen LogP contribution in [0.2, 0.25) is 0 Å². The molecule has 0 aromatic heterocycles. The molecule has 2 aliphatic heterocycles. The molecule has 4 nitrogen and oxygen atoms in total. The number of hydrogen-bond donors (Lipinski definition) is 0. The summed E-state index contributed by atoms with van der Waals surface area (Å²) in [4.78, 5) is 2.27. The average molecular weight is 267 g/mol. The highest BCUT2D eigenvalue weighted by Gasteiger charge is 2.58. The summed E-state index contributed by atoms with van der Waals surface area (Å²) >= 11 is 0. The number of ether oxygens (including phenoxy) is 3. The number of piperidine rings is 1. The van der Waals surface area contributed by atoms with Gasteiger partial charge in [0.05, 0.1) is 24.9 Å². The quantitative estimate of drug-likeness (QED) is 0.696. The molecule has 2 fully saturated rings. The summed E-state index contributed by atoms with van der Waals surface area (Å²) in [5.41, 5.74) is -0.425. The second-order valence-corrected chi connectivity index (χ2v) is 6.47. The van der Waals surface area contributed by atoms with E-state index in [1.54, 1.807) is 0 Å². The number of rotatable bonds is 5. The molecule has 0 spiro atoms. The molecule has 5 heteroatoms. The molecule has 2 aliphatic rings. The van der Waals surface area contributed by atoms with Crippen molar-refractivity contribution < 1.29 is 14.2 Å². The number of hydrogen-bond acceptors (Lipinski definition) is 4.